The van der Waals surface area contributed by atoms with Crippen molar-refractivity contribution in [3.8, 4) is 0 Å². The number of allylic oxidation sites excluding steroid dienone is 2. The SMILES string of the molecule is C/C=C(\c1ccccc1)C(CC(=O)c1ccccc1)c1ccccc1. The molecule has 0 aliphatic heterocycles. The molecule has 3 aromatic carbocycles. The van der Waals surface area contributed by atoms with Gasteiger partial charge in [-0.1, -0.05) is 97.1 Å². The van der Waals surface area contributed by atoms with Crippen LogP contribution >= 0.6 is 0 Å². The third-order valence-electron chi connectivity index (χ3n) is 4.48. The van der Waals surface area contributed by atoms with Crippen molar-refractivity contribution in [2.45, 2.75) is 19.3 Å². The molecule has 0 spiro atoms. The lowest BCUT2D eigenvalue weighted by atomic mass is 9.82. The predicted octanol–water partition coefficient (Wildman–Crippen LogP) is 6.15. The third-order valence-corrected chi connectivity index (χ3v) is 4.48. The summed E-state index contributed by atoms with van der Waals surface area (Å²) in [6.07, 6.45) is 2.59. The first-order chi connectivity index (χ1) is 12.3. The lowest BCUT2D eigenvalue weighted by molar-refractivity contribution is 0.0979. The van der Waals surface area contributed by atoms with Crippen LogP contribution in [0.4, 0.5) is 0 Å². The van der Waals surface area contributed by atoms with Gasteiger partial charge in [0, 0.05) is 17.9 Å². The molecule has 0 bridgehead atoms. The van der Waals surface area contributed by atoms with E-state index in [9.17, 15) is 4.79 Å². The largest absolute Gasteiger partial charge is 0.294 e. The minimum atomic E-state index is 0.0429. The lowest BCUT2D eigenvalue weighted by Crippen LogP contribution is -2.10. The fraction of sp³-hybridized carbons (Fsp3) is 0.125. The van der Waals surface area contributed by atoms with Gasteiger partial charge in [0.2, 0.25) is 0 Å². The Morgan fingerprint density at radius 1 is 0.760 bits per heavy atom. The van der Waals surface area contributed by atoms with Crippen molar-refractivity contribution in [1.82, 2.24) is 0 Å². The monoisotopic (exact) mass is 326 g/mol. The van der Waals surface area contributed by atoms with E-state index in [4.69, 9.17) is 0 Å². The molecule has 0 fully saturated rings. The van der Waals surface area contributed by atoms with Crippen LogP contribution in [0.15, 0.2) is 97.1 Å². The number of carbonyl (C=O) groups excluding carboxylic acids is 1. The molecule has 0 N–H and O–H groups in total. The van der Waals surface area contributed by atoms with E-state index in [2.05, 4.69) is 30.3 Å². The van der Waals surface area contributed by atoms with Gasteiger partial charge < -0.3 is 0 Å². The highest BCUT2D eigenvalue weighted by Gasteiger charge is 2.21. The number of benzene rings is 3. The highest BCUT2D eigenvalue weighted by molar-refractivity contribution is 5.98. The van der Waals surface area contributed by atoms with E-state index in [1.807, 2.05) is 73.7 Å². The molecule has 0 aliphatic carbocycles. The average molecular weight is 326 g/mol. The first-order valence-electron chi connectivity index (χ1n) is 8.64. The van der Waals surface area contributed by atoms with Crippen LogP contribution in [0.3, 0.4) is 0 Å². The third kappa shape index (κ3) is 4.13. The van der Waals surface area contributed by atoms with Gasteiger partial charge in [0.05, 0.1) is 0 Å². The van der Waals surface area contributed by atoms with Gasteiger partial charge >= 0.3 is 0 Å². The van der Waals surface area contributed by atoms with E-state index in [-0.39, 0.29) is 11.7 Å². The molecule has 0 heterocycles. The molecule has 1 nitrogen and oxygen atoms in total. The van der Waals surface area contributed by atoms with E-state index >= 15 is 0 Å². The standard InChI is InChI=1S/C24H22O/c1-2-22(19-12-6-3-7-13-19)23(20-14-8-4-9-15-20)18-24(25)21-16-10-5-11-17-21/h2-17,23H,18H2,1H3/b22-2+. The summed E-state index contributed by atoms with van der Waals surface area (Å²) in [6, 6.07) is 30.2. The fourth-order valence-electron chi connectivity index (χ4n) is 3.22. The van der Waals surface area contributed by atoms with Crippen molar-refractivity contribution in [2.75, 3.05) is 0 Å². The van der Waals surface area contributed by atoms with Crippen molar-refractivity contribution >= 4 is 11.4 Å². The average Bonchev–Trinajstić information content (AvgIpc) is 2.70. The summed E-state index contributed by atoms with van der Waals surface area (Å²) in [5.41, 5.74) is 4.30. The molecule has 124 valence electrons. The number of Topliss-reactive ketones (excluding diaryl/α,β-unsaturated/α-hetero) is 1. The summed E-state index contributed by atoms with van der Waals surface area (Å²) in [4.78, 5) is 12.9. The van der Waals surface area contributed by atoms with Crippen LogP contribution in [0, 0.1) is 0 Å². The van der Waals surface area contributed by atoms with E-state index in [0.29, 0.717) is 6.42 Å². The summed E-state index contributed by atoms with van der Waals surface area (Å²) in [6.45, 7) is 2.05. The maximum absolute atomic E-state index is 12.9. The van der Waals surface area contributed by atoms with Crippen LogP contribution < -0.4 is 0 Å². The van der Waals surface area contributed by atoms with Crippen LogP contribution in [-0.4, -0.2) is 5.78 Å². The van der Waals surface area contributed by atoms with Crippen molar-refractivity contribution in [2.24, 2.45) is 0 Å². The summed E-state index contributed by atoms with van der Waals surface area (Å²) in [7, 11) is 0. The number of rotatable bonds is 6. The number of hydrogen-bond donors (Lipinski definition) is 0. The Labute approximate surface area is 149 Å². The Balaban J connectivity index is 1.97. The van der Waals surface area contributed by atoms with Crippen LogP contribution in [0.5, 0.6) is 0 Å². The Hall–Kier alpha value is -2.93. The molecular formula is C24H22O. The molecule has 25 heavy (non-hydrogen) atoms. The minimum Gasteiger partial charge on any atom is -0.294 e. The number of hydrogen-bond acceptors (Lipinski definition) is 1. The molecule has 1 atom stereocenters. The summed E-state index contributed by atoms with van der Waals surface area (Å²) in [5.74, 6) is 0.214. The highest BCUT2D eigenvalue weighted by Crippen LogP contribution is 2.35. The second-order valence-corrected chi connectivity index (χ2v) is 6.07. The fourth-order valence-corrected chi connectivity index (χ4v) is 3.22. The topological polar surface area (TPSA) is 17.1 Å². The van der Waals surface area contributed by atoms with Gasteiger partial charge in [0.25, 0.3) is 0 Å². The zero-order valence-electron chi connectivity index (χ0n) is 14.4. The van der Waals surface area contributed by atoms with Crippen molar-refractivity contribution in [1.29, 1.82) is 0 Å². The molecular weight excluding hydrogens is 304 g/mol. The normalized spacial score (nSPS) is 12.6. The molecule has 0 aromatic heterocycles. The van der Waals surface area contributed by atoms with E-state index < -0.39 is 0 Å². The van der Waals surface area contributed by atoms with Crippen LogP contribution in [0.25, 0.3) is 5.57 Å². The first kappa shape index (κ1) is 16.9. The van der Waals surface area contributed by atoms with Gasteiger partial charge in [0.15, 0.2) is 5.78 Å². The summed E-state index contributed by atoms with van der Waals surface area (Å²) < 4.78 is 0. The zero-order valence-corrected chi connectivity index (χ0v) is 14.4. The predicted molar refractivity (Wildman–Crippen MR) is 105 cm³/mol. The Kier molecular flexibility index (Phi) is 5.58. The number of carbonyl (C=O) groups is 1. The number of ketones is 1. The minimum absolute atomic E-state index is 0.0429. The second kappa shape index (κ2) is 8.25. The van der Waals surface area contributed by atoms with E-state index in [1.54, 1.807) is 0 Å². The van der Waals surface area contributed by atoms with Gasteiger partial charge in [-0.25, -0.2) is 0 Å². The molecule has 0 aliphatic rings. The molecule has 0 saturated carbocycles. The van der Waals surface area contributed by atoms with Gasteiger partial charge in [-0.15, -0.1) is 0 Å². The van der Waals surface area contributed by atoms with Crippen LogP contribution in [0.2, 0.25) is 0 Å². The molecule has 0 radical (unpaired) electrons. The molecule has 3 rings (SSSR count). The van der Waals surface area contributed by atoms with Crippen molar-refractivity contribution < 1.29 is 4.79 Å². The summed E-state index contributed by atoms with van der Waals surface area (Å²) in [5, 5.41) is 0. The molecule has 1 unspecified atom stereocenters. The molecule has 0 amide bonds. The zero-order chi connectivity index (χ0) is 17.5. The highest BCUT2D eigenvalue weighted by atomic mass is 16.1. The Morgan fingerprint density at radius 3 is 1.76 bits per heavy atom. The second-order valence-electron chi connectivity index (χ2n) is 6.07. The van der Waals surface area contributed by atoms with Crippen LogP contribution in [-0.2, 0) is 0 Å². The lowest BCUT2D eigenvalue weighted by Gasteiger charge is -2.21. The van der Waals surface area contributed by atoms with E-state index in [0.717, 1.165) is 5.56 Å². The van der Waals surface area contributed by atoms with Crippen LogP contribution in [0.1, 0.15) is 40.7 Å². The van der Waals surface area contributed by atoms with Gasteiger partial charge in [-0.2, -0.15) is 0 Å². The van der Waals surface area contributed by atoms with E-state index in [1.165, 1.54) is 16.7 Å². The van der Waals surface area contributed by atoms with Crippen molar-refractivity contribution in [3.05, 3.63) is 114 Å². The molecule has 0 saturated heterocycles. The molecule has 3 aromatic rings. The van der Waals surface area contributed by atoms with Crippen molar-refractivity contribution in [3.63, 3.8) is 0 Å². The first-order valence-corrected chi connectivity index (χ1v) is 8.64. The Morgan fingerprint density at radius 2 is 1.24 bits per heavy atom. The van der Waals surface area contributed by atoms with Gasteiger partial charge in [-0.3, -0.25) is 4.79 Å². The maximum atomic E-state index is 12.9. The van der Waals surface area contributed by atoms with Gasteiger partial charge in [0.1, 0.15) is 0 Å². The Bertz CT molecular complexity index is 833. The maximum Gasteiger partial charge on any atom is 0.163 e. The molecule has 1 heteroatoms. The van der Waals surface area contributed by atoms with Gasteiger partial charge in [-0.05, 0) is 23.6 Å². The smallest absolute Gasteiger partial charge is 0.163 e. The summed E-state index contributed by atoms with van der Waals surface area (Å²) >= 11 is 0. The quantitative estimate of drug-likeness (QED) is 0.497.